The Morgan fingerprint density at radius 2 is 2.11 bits per heavy atom. The van der Waals surface area contributed by atoms with E-state index in [0.717, 1.165) is 25.6 Å². The van der Waals surface area contributed by atoms with Crippen LogP contribution in [-0.4, -0.2) is 60.7 Å². The number of fused-ring (bicyclic) bond motifs is 1. The maximum Gasteiger partial charge on any atom is 0.227 e. The van der Waals surface area contributed by atoms with Crippen LogP contribution in [-0.2, 0) is 9.53 Å². The first-order valence-corrected chi connectivity index (χ1v) is 6.59. The monoisotopic (exact) mass is 262 g/mol. The molecule has 2 atom stereocenters. The summed E-state index contributed by atoms with van der Waals surface area (Å²) in [7, 11) is 1.66. The predicted molar refractivity (Wildman–Crippen MR) is 69.7 cm³/mol. The van der Waals surface area contributed by atoms with Crippen molar-refractivity contribution >= 4 is 11.9 Å². The van der Waals surface area contributed by atoms with Gasteiger partial charge < -0.3 is 14.5 Å². The van der Waals surface area contributed by atoms with E-state index in [1.807, 2.05) is 4.90 Å². The third kappa shape index (κ3) is 2.28. The second-order valence-corrected chi connectivity index (χ2v) is 5.10. The normalized spacial score (nSPS) is 26.1. The number of anilines is 1. The fourth-order valence-electron chi connectivity index (χ4n) is 2.96. The van der Waals surface area contributed by atoms with E-state index in [4.69, 9.17) is 4.74 Å². The van der Waals surface area contributed by atoms with Crippen molar-refractivity contribution in [2.24, 2.45) is 11.8 Å². The number of methoxy groups -OCH3 is 1. The molecule has 6 heteroatoms. The molecule has 0 radical (unpaired) electrons. The summed E-state index contributed by atoms with van der Waals surface area (Å²) in [6, 6.07) is 1.80. The molecule has 1 amide bonds. The van der Waals surface area contributed by atoms with Crippen molar-refractivity contribution in [2.45, 2.75) is 0 Å². The second-order valence-electron chi connectivity index (χ2n) is 5.10. The largest absolute Gasteiger partial charge is 0.383 e. The van der Waals surface area contributed by atoms with E-state index in [9.17, 15) is 4.79 Å². The third-order valence-corrected chi connectivity index (χ3v) is 3.93. The molecule has 0 aliphatic carbocycles. The molecular weight excluding hydrogens is 244 g/mol. The van der Waals surface area contributed by atoms with Crippen LogP contribution in [0.5, 0.6) is 0 Å². The molecule has 2 fully saturated rings. The van der Waals surface area contributed by atoms with E-state index in [1.54, 1.807) is 25.6 Å². The van der Waals surface area contributed by atoms with Gasteiger partial charge in [0, 0.05) is 51.6 Å². The number of hydrogen-bond donors (Lipinski definition) is 0. The van der Waals surface area contributed by atoms with Crippen molar-refractivity contribution in [2.75, 3.05) is 44.8 Å². The lowest BCUT2D eigenvalue weighted by Crippen LogP contribution is -2.35. The van der Waals surface area contributed by atoms with E-state index < -0.39 is 0 Å². The van der Waals surface area contributed by atoms with Crippen LogP contribution in [0.2, 0.25) is 0 Å². The molecule has 2 aliphatic heterocycles. The number of ether oxygens (including phenoxy) is 1. The van der Waals surface area contributed by atoms with E-state index in [1.165, 1.54) is 0 Å². The van der Waals surface area contributed by atoms with Gasteiger partial charge in [0.15, 0.2) is 0 Å². The quantitative estimate of drug-likeness (QED) is 0.765. The summed E-state index contributed by atoms with van der Waals surface area (Å²) < 4.78 is 5.04. The number of aromatic nitrogens is 2. The molecule has 2 aliphatic rings. The van der Waals surface area contributed by atoms with Crippen molar-refractivity contribution in [3.63, 3.8) is 0 Å². The summed E-state index contributed by atoms with van der Waals surface area (Å²) in [4.78, 5) is 24.8. The molecule has 19 heavy (non-hydrogen) atoms. The number of carbonyl (C=O) groups is 1. The van der Waals surface area contributed by atoms with Gasteiger partial charge >= 0.3 is 0 Å². The van der Waals surface area contributed by atoms with Gasteiger partial charge in [0.05, 0.1) is 12.5 Å². The molecule has 1 aromatic heterocycles. The molecule has 0 saturated carbocycles. The van der Waals surface area contributed by atoms with Crippen LogP contribution in [0.15, 0.2) is 18.5 Å². The lowest BCUT2D eigenvalue weighted by molar-refractivity contribution is -0.131. The van der Waals surface area contributed by atoms with Crippen molar-refractivity contribution in [3.05, 3.63) is 18.5 Å². The standard InChI is InChI=1S/C13H18N4O2/c1-19-6-5-16-7-10-8-17(9-11(10)12(16)18)13-14-3-2-4-15-13/h2-4,10-11H,5-9H2,1H3/t10-,11+/m1/s1. The summed E-state index contributed by atoms with van der Waals surface area (Å²) in [6.45, 7) is 3.73. The smallest absolute Gasteiger partial charge is 0.227 e. The molecule has 102 valence electrons. The van der Waals surface area contributed by atoms with Crippen LogP contribution in [0.1, 0.15) is 0 Å². The summed E-state index contributed by atoms with van der Waals surface area (Å²) >= 11 is 0. The summed E-state index contributed by atoms with van der Waals surface area (Å²) in [5.41, 5.74) is 0. The lowest BCUT2D eigenvalue weighted by atomic mass is 10.0. The Kier molecular flexibility index (Phi) is 3.33. The minimum Gasteiger partial charge on any atom is -0.383 e. The Balaban J connectivity index is 1.65. The van der Waals surface area contributed by atoms with Gasteiger partial charge in [0.1, 0.15) is 0 Å². The zero-order chi connectivity index (χ0) is 13.2. The van der Waals surface area contributed by atoms with Crippen LogP contribution < -0.4 is 4.90 Å². The summed E-state index contributed by atoms with van der Waals surface area (Å²) in [5, 5.41) is 0. The maximum atomic E-state index is 12.3. The number of rotatable bonds is 4. The number of nitrogens with zero attached hydrogens (tertiary/aromatic N) is 4. The average molecular weight is 262 g/mol. The minimum absolute atomic E-state index is 0.0978. The molecule has 0 spiro atoms. The Labute approximate surface area is 112 Å². The molecular formula is C13H18N4O2. The lowest BCUT2D eigenvalue weighted by Gasteiger charge is -2.21. The third-order valence-electron chi connectivity index (χ3n) is 3.93. The van der Waals surface area contributed by atoms with Crippen LogP contribution in [0.4, 0.5) is 5.95 Å². The minimum atomic E-state index is 0.0978. The Hall–Kier alpha value is -1.69. The van der Waals surface area contributed by atoms with Gasteiger partial charge in [-0.15, -0.1) is 0 Å². The highest BCUT2D eigenvalue weighted by Crippen LogP contribution is 2.33. The van der Waals surface area contributed by atoms with Crippen LogP contribution in [0, 0.1) is 11.8 Å². The molecule has 6 nitrogen and oxygen atoms in total. The fraction of sp³-hybridized carbons (Fsp3) is 0.615. The Morgan fingerprint density at radius 3 is 2.79 bits per heavy atom. The second kappa shape index (κ2) is 5.13. The van der Waals surface area contributed by atoms with E-state index >= 15 is 0 Å². The van der Waals surface area contributed by atoms with Crippen molar-refractivity contribution < 1.29 is 9.53 Å². The first-order chi connectivity index (χ1) is 9.29. The molecule has 3 heterocycles. The van der Waals surface area contributed by atoms with Gasteiger partial charge in [0.25, 0.3) is 0 Å². The summed E-state index contributed by atoms with van der Waals surface area (Å²) in [6.07, 6.45) is 3.48. The summed E-state index contributed by atoms with van der Waals surface area (Å²) in [5.74, 6) is 1.47. The van der Waals surface area contributed by atoms with E-state index in [2.05, 4.69) is 14.9 Å². The Morgan fingerprint density at radius 1 is 1.32 bits per heavy atom. The van der Waals surface area contributed by atoms with Gasteiger partial charge in [-0.1, -0.05) is 0 Å². The van der Waals surface area contributed by atoms with E-state index in [0.29, 0.717) is 19.1 Å². The number of likely N-dealkylation sites (tertiary alicyclic amines) is 1. The molecule has 3 rings (SSSR count). The first kappa shape index (κ1) is 12.3. The highest BCUT2D eigenvalue weighted by atomic mass is 16.5. The highest BCUT2D eigenvalue weighted by Gasteiger charge is 2.46. The fourth-order valence-corrected chi connectivity index (χ4v) is 2.96. The Bertz CT molecular complexity index is 453. The SMILES string of the molecule is COCCN1C[C@@H]2CN(c3ncccn3)C[C@@H]2C1=O. The van der Waals surface area contributed by atoms with Gasteiger partial charge in [0.2, 0.25) is 11.9 Å². The average Bonchev–Trinajstić information content (AvgIpc) is 2.98. The van der Waals surface area contributed by atoms with Crippen LogP contribution in [0.25, 0.3) is 0 Å². The van der Waals surface area contributed by atoms with Crippen LogP contribution in [0.3, 0.4) is 0 Å². The molecule has 0 bridgehead atoms. The zero-order valence-corrected chi connectivity index (χ0v) is 11.0. The van der Waals surface area contributed by atoms with Gasteiger partial charge in [-0.25, -0.2) is 9.97 Å². The molecule has 0 aromatic carbocycles. The maximum absolute atomic E-state index is 12.3. The highest BCUT2D eigenvalue weighted by molar-refractivity contribution is 5.83. The van der Waals surface area contributed by atoms with E-state index in [-0.39, 0.29) is 11.8 Å². The topological polar surface area (TPSA) is 58.6 Å². The zero-order valence-electron chi connectivity index (χ0n) is 11.0. The molecule has 0 unspecified atom stereocenters. The number of amides is 1. The van der Waals surface area contributed by atoms with Crippen molar-refractivity contribution in [3.8, 4) is 0 Å². The van der Waals surface area contributed by atoms with Crippen LogP contribution >= 0.6 is 0 Å². The first-order valence-electron chi connectivity index (χ1n) is 6.59. The van der Waals surface area contributed by atoms with Gasteiger partial charge in [-0.05, 0) is 6.07 Å². The number of carbonyl (C=O) groups excluding carboxylic acids is 1. The predicted octanol–water partition coefficient (Wildman–Crippen LogP) is 0.0176. The van der Waals surface area contributed by atoms with Gasteiger partial charge in [-0.2, -0.15) is 0 Å². The van der Waals surface area contributed by atoms with Crippen molar-refractivity contribution in [1.29, 1.82) is 0 Å². The molecule has 1 aromatic rings. The van der Waals surface area contributed by atoms with Crippen molar-refractivity contribution in [1.82, 2.24) is 14.9 Å². The molecule has 2 saturated heterocycles. The van der Waals surface area contributed by atoms with Gasteiger partial charge in [-0.3, -0.25) is 4.79 Å². The molecule has 0 N–H and O–H groups in total. The number of hydrogen-bond acceptors (Lipinski definition) is 5.